The van der Waals surface area contributed by atoms with Crippen LogP contribution in [0.25, 0.3) is 10.2 Å². The lowest BCUT2D eigenvalue weighted by atomic mass is 9.80. The van der Waals surface area contributed by atoms with Crippen LogP contribution >= 0.6 is 11.3 Å². The number of carbonyl (C=O) groups excluding carboxylic acids is 1. The molecule has 1 aromatic heterocycles. The second kappa shape index (κ2) is 5.59. The van der Waals surface area contributed by atoms with E-state index in [-0.39, 0.29) is 20.8 Å². The van der Waals surface area contributed by atoms with Gasteiger partial charge in [-0.1, -0.05) is 17.4 Å². The number of benzene rings is 1. The Morgan fingerprint density at radius 2 is 2.10 bits per heavy atom. The van der Waals surface area contributed by atoms with Gasteiger partial charge in [0.2, 0.25) is 0 Å². The van der Waals surface area contributed by atoms with Crippen LogP contribution in [-0.4, -0.2) is 33.8 Å². The molecular weight excluding hydrogens is 298 g/mol. The van der Waals surface area contributed by atoms with E-state index in [0.717, 1.165) is 17.4 Å². The van der Waals surface area contributed by atoms with Crippen molar-refractivity contribution < 1.29 is 24.0 Å². The zero-order chi connectivity index (χ0) is 15.8. The molecule has 1 amide bonds. The predicted octanol–water partition coefficient (Wildman–Crippen LogP) is 1.46. The third kappa shape index (κ3) is 3.69. The van der Waals surface area contributed by atoms with Crippen molar-refractivity contribution in [3.05, 3.63) is 17.9 Å². The number of ether oxygens (including phenoxy) is 1. The summed E-state index contributed by atoms with van der Waals surface area (Å²) >= 11 is 0.938. The summed E-state index contributed by atoms with van der Waals surface area (Å²) < 4.78 is 19.0. The number of hydrogen-bond donors (Lipinski definition) is 3. The second-order valence-corrected chi connectivity index (χ2v) is 6.33. The average molecular weight is 312 g/mol. The van der Waals surface area contributed by atoms with Crippen molar-refractivity contribution in [2.24, 2.45) is 0 Å². The molecule has 0 aliphatic carbocycles. The molecule has 0 radical (unpaired) electrons. The number of carbonyl (C=O) groups is 1. The highest BCUT2D eigenvalue weighted by atomic mass is 32.1. The molecule has 1 aromatic carbocycles. The van der Waals surface area contributed by atoms with Crippen LogP contribution in [-0.2, 0) is 4.74 Å². The molecule has 0 aliphatic rings. The molecule has 0 bridgehead atoms. The van der Waals surface area contributed by atoms with Crippen molar-refractivity contribution in [1.29, 1.82) is 0 Å². The molecule has 6 nitrogen and oxygen atoms in total. The van der Waals surface area contributed by atoms with Gasteiger partial charge in [-0.25, -0.2) is 14.2 Å². The van der Waals surface area contributed by atoms with Crippen LogP contribution in [0.2, 0.25) is 0 Å². The van der Waals surface area contributed by atoms with E-state index in [1.54, 1.807) is 20.8 Å². The van der Waals surface area contributed by atoms with Gasteiger partial charge in [0.25, 0.3) is 0 Å². The zero-order valence-electron chi connectivity index (χ0n) is 11.7. The first-order chi connectivity index (χ1) is 9.67. The van der Waals surface area contributed by atoms with Crippen LogP contribution in [0.5, 0.6) is 0 Å². The molecule has 21 heavy (non-hydrogen) atoms. The first-order valence-corrected chi connectivity index (χ1v) is 6.94. The second-order valence-electron chi connectivity index (χ2n) is 5.33. The number of nitrogens with zero attached hydrogens (tertiary/aromatic N) is 1. The van der Waals surface area contributed by atoms with Crippen molar-refractivity contribution in [2.45, 2.75) is 26.4 Å². The predicted molar refractivity (Wildman–Crippen MR) is 79.3 cm³/mol. The van der Waals surface area contributed by atoms with Crippen molar-refractivity contribution in [2.75, 3.05) is 5.32 Å². The Morgan fingerprint density at radius 3 is 2.67 bits per heavy atom. The number of halogens is 1. The minimum atomic E-state index is -1.75. The SMILES string of the molecule is CC(C)(C)OC(=O)Nc1nc2c(F)ccc(B(O)O)c2s1. The fourth-order valence-corrected chi connectivity index (χ4v) is 2.64. The maximum atomic E-state index is 13.7. The van der Waals surface area contributed by atoms with Gasteiger partial charge in [-0.2, -0.15) is 0 Å². The Morgan fingerprint density at radius 1 is 1.43 bits per heavy atom. The van der Waals surface area contributed by atoms with Gasteiger partial charge in [-0.15, -0.1) is 0 Å². The number of anilines is 1. The molecule has 112 valence electrons. The van der Waals surface area contributed by atoms with Crippen LogP contribution in [0.1, 0.15) is 20.8 Å². The number of hydrogen-bond acceptors (Lipinski definition) is 6. The Labute approximate surface area is 124 Å². The van der Waals surface area contributed by atoms with Gasteiger partial charge in [-0.3, -0.25) is 5.32 Å². The Hall–Kier alpha value is -1.71. The standard InChI is InChI=1S/C12H14BFN2O4S/c1-12(2,3)20-11(17)16-10-15-8-7(14)5-4-6(13(18)19)9(8)21-10/h4-5,18-19H,1-3H3,(H,15,16,17). The number of thiazole rings is 1. The van der Waals surface area contributed by atoms with Crippen LogP contribution in [0, 0.1) is 5.82 Å². The summed E-state index contributed by atoms with van der Waals surface area (Å²) in [5, 5.41) is 21.0. The summed E-state index contributed by atoms with van der Waals surface area (Å²) in [5.41, 5.74) is -0.573. The third-order valence-electron chi connectivity index (χ3n) is 2.41. The summed E-state index contributed by atoms with van der Waals surface area (Å²) in [6.07, 6.45) is -0.715. The Kier molecular flexibility index (Phi) is 4.17. The van der Waals surface area contributed by atoms with Gasteiger partial charge in [0.05, 0.1) is 4.70 Å². The van der Waals surface area contributed by atoms with Gasteiger partial charge in [0.15, 0.2) is 5.13 Å². The van der Waals surface area contributed by atoms with Crippen LogP contribution in [0.4, 0.5) is 14.3 Å². The molecule has 0 aliphatic heterocycles. The highest BCUT2D eigenvalue weighted by Crippen LogP contribution is 2.27. The first-order valence-electron chi connectivity index (χ1n) is 6.12. The van der Waals surface area contributed by atoms with Crippen molar-refractivity contribution in [1.82, 2.24) is 4.98 Å². The minimum absolute atomic E-state index is 0.0309. The van der Waals surface area contributed by atoms with E-state index in [1.807, 2.05) is 0 Å². The third-order valence-corrected chi connectivity index (χ3v) is 3.43. The van der Waals surface area contributed by atoms with E-state index >= 15 is 0 Å². The van der Waals surface area contributed by atoms with Crippen LogP contribution < -0.4 is 10.8 Å². The lowest BCUT2D eigenvalue weighted by Gasteiger charge is -2.18. The number of rotatable bonds is 2. The molecular formula is C12H14BFN2O4S. The highest BCUT2D eigenvalue weighted by molar-refractivity contribution is 7.23. The number of amides is 1. The summed E-state index contributed by atoms with van der Waals surface area (Å²) in [4.78, 5) is 15.6. The number of fused-ring (bicyclic) bond motifs is 1. The maximum absolute atomic E-state index is 13.7. The quantitative estimate of drug-likeness (QED) is 0.730. The van der Waals surface area contributed by atoms with E-state index in [0.29, 0.717) is 0 Å². The van der Waals surface area contributed by atoms with E-state index in [2.05, 4.69) is 10.3 Å². The summed E-state index contributed by atoms with van der Waals surface area (Å²) in [7, 11) is -1.75. The molecule has 3 N–H and O–H groups in total. The fraction of sp³-hybridized carbons (Fsp3) is 0.333. The summed E-state index contributed by atoms with van der Waals surface area (Å²) in [6, 6.07) is 2.35. The van der Waals surface area contributed by atoms with E-state index in [9.17, 15) is 19.2 Å². The molecule has 2 aromatic rings. The Bertz CT molecular complexity index is 684. The molecule has 0 unspecified atom stereocenters. The van der Waals surface area contributed by atoms with Crippen molar-refractivity contribution in [3.63, 3.8) is 0 Å². The normalized spacial score (nSPS) is 11.5. The number of nitrogens with one attached hydrogen (secondary N) is 1. The minimum Gasteiger partial charge on any atom is -0.444 e. The molecule has 1 heterocycles. The van der Waals surface area contributed by atoms with E-state index < -0.39 is 24.6 Å². The zero-order valence-corrected chi connectivity index (χ0v) is 12.5. The van der Waals surface area contributed by atoms with Crippen molar-refractivity contribution >= 4 is 45.4 Å². The maximum Gasteiger partial charge on any atom is 0.489 e. The molecule has 2 rings (SSSR count). The van der Waals surface area contributed by atoms with Crippen molar-refractivity contribution in [3.8, 4) is 0 Å². The van der Waals surface area contributed by atoms with E-state index in [1.165, 1.54) is 6.07 Å². The average Bonchev–Trinajstić information content (AvgIpc) is 2.70. The van der Waals surface area contributed by atoms with Gasteiger partial charge in [0, 0.05) is 5.46 Å². The topological polar surface area (TPSA) is 91.7 Å². The van der Waals surface area contributed by atoms with Crippen LogP contribution in [0.3, 0.4) is 0 Å². The smallest absolute Gasteiger partial charge is 0.444 e. The van der Waals surface area contributed by atoms with Gasteiger partial charge < -0.3 is 14.8 Å². The lowest BCUT2D eigenvalue weighted by Crippen LogP contribution is -2.30. The monoisotopic (exact) mass is 312 g/mol. The van der Waals surface area contributed by atoms with Gasteiger partial charge in [0.1, 0.15) is 16.9 Å². The van der Waals surface area contributed by atoms with E-state index in [4.69, 9.17) is 4.74 Å². The van der Waals surface area contributed by atoms with Gasteiger partial charge >= 0.3 is 13.2 Å². The van der Waals surface area contributed by atoms with Crippen LogP contribution in [0.15, 0.2) is 12.1 Å². The highest BCUT2D eigenvalue weighted by Gasteiger charge is 2.22. The first kappa shape index (κ1) is 15.7. The molecule has 0 fully saturated rings. The molecule has 0 saturated heterocycles. The lowest BCUT2D eigenvalue weighted by molar-refractivity contribution is 0.0636. The summed E-state index contributed by atoms with van der Waals surface area (Å²) in [5.74, 6) is -0.608. The fourth-order valence-electron chi connectivity index (χ4n) is 1.64. The Balaban J connectivity index is 2.33. The number of aromatic nitrogens is 1. The summed E-state index contributed by atoms with van der Waals surface area (Å²) in [6.45, 7) is 5.14. The molecule has 0 atom stereocenters. The molecule has 9 heteroatoms. The van der Waals surface area contributed by atoms with Gasteiger partial charge in [-0.05, 0) is 26.8 Å². The largest absolute Gasteiger partial charge is 0.489 e. The molecule has 0 saturated carbocycles. The molecule has 0 spiro atoms.